The summed E-state index contributed by atoms with van der Waals surface area (Å²) >= 11 is 1.59. The molecular weight excluding hydrogens is 188 g/mol. The van der Waals surface area contributed by atoms with Gasteiger partial charge in [-0.2, -0.15) is 11.8 Å². The molecule has 0 heterocycles. The number of thioether (sulfide) groups is 1. The first kappa shape index (κ1) is 12.5. The lowest BCUT2D eigenvalue weighted by Gasteiger charge is -2.03. The smallest absolute Gasteiger partial charge is 0.330 e. The molecule has 0 fully saturated rings. The van der Waals surface area contributed by atoms with Crippen LogP contribution in [0.2, 0.25) is 0 Å². The lowest BCUT2D eigenvalue weighted by Crippen LogP contribution is -2.03. The maximum Gasteiger partial charge on any atom is 0.330 e. The molecule has 0 aliphatic heterocycles. The third-order valence-corrected chi connectivity index (χ3v) is 2.38. The normalized spacial score (nSPS) is 13.2. The van der Waals surface area contributed by atoms with Gasteiger partial charge in [0.15, 0.2) is 0 Å². The predicted octanol–water partition coefficient (Wildman–Crippen LogP) is 1.22. The minimum absolute atomic E-state index is 0.165. The Morgan fingerprint density at radius 3 is 2.92 bits per heavy atom. The van der Waals surface area contributed by atoms with Crippen LogP contribution in [0.15, 0.2) is 12.2 Å². The van der Waals surface area contributed by atoms with Crippen molar-refractivity contribution in [3.63, 3.8) is 0 Å². The van der Waals surface area contributed by atoms with Crippen LogP contribution < -0.4 is 0 Å². The van der Waals surface area contributed by atoms with Crippen LogP contribution in [0.5, 0.6) is 0 Å². The fourth-order valence-corrected chi connectivity index (χ4v) is 1.25. The molecule has 4 heteroatoms. The number of carbonyl (C=O) groups is 1. The summed E-state index contributed by atoms with van der Waals surface area (Å²) in [5.41, 5.74) is 0. The molecule has 1 atom stereocenters. The highest BCUT2D eigenvalue weighted by Crippen LogP contribution is 2.08. The van der Waals surface area contributed by atoms with Gasteiger partial charge in [0.1, 0.15) is 0 Å². The van der Waals surface area contributed by atoms with Gasteiger partial charge in [0.2, 0.25) is 0 Å². The molecular formula is C9H16O3S. The molecule has 0 saturated carbocycles. The van der Waals surface area contributed by atoms with Crippen molar-refractivity contribution in [2.24, 2.45) is 0 Å². The summed E-state index contributed by atoms with van der Waals surface area (Å²) in [6, 6.07) is 0. The zero-order valence-corrected chi connectivity index (χ0v) is 8.84. The van der Waals surface area contributed by atoms with Crippen molar-refractivity contribution in [1.82, 2.24) is 0 Å². The van der Waals surface area contributed by atoms with Crippen LogP contribution in [0, 0.1) is 0 Å². The fraction of sp³-hybridized carbons (Fsp3) is 0.667. The van der Waals surface area contributed by atoms with Crippen molar-refractivity contribution in [2.75, 3.05) is 19.0 Å². The molecule has 0 radical (unpaired) electrons. The highest BCUT2D eigenvalue weighted by molar-refractivity contribution is 8.00. The number of rotatable bonds is 6. The van der Waals surface area contributed by atoms with Crippen molar-refractivity contribution >= 4 is 17.7 Å². The molecule has 0 bridgehead atoms. The van der Waals surface area contributed by atoms with Gasteiger partial charge in [-0.15, -0.1) is 0 Å². The van der Waals surface area contributed by atoms with Crippen LogP contribution in [-0.4, -0.2) is 35.3 Å². The standard InChI is InChI=1S/C9H16O3S/c1-3-12-9(11)5-4-6-13-8(2)7-10/h4-5,8,10H,3,6-7H2,1-2H3/b5-4+. The molecule has 0 rings (SSSR count). The van der Waals surface area contributed by atoms with Crippen LogP contribution in [0.25, 0.3) is 0 Å². The zero-order valence-electron chi connectivity index (χ0n) is 8.03. The number of esters is 1. The minimum Gasteiger partial charge on any atom is -0.463 e. The van der Waals surface area contributed by atoms with E-state index in [1.54, 1.807) is 24.8 Å². The van der Waals surface area contributed by atoms with Crippen molar-refractivity contribution in [3.05, 3.63) is 12.2 Å². The van der Waals surface area contributed by atoms with Gasteiger partial charge in [0.25, 0.3) is 0 Å². The van der Waals surface area contributed by atoms with E-state index in [1.807, 2.05) is 6.92 Å². The molecule has 0 aromatic heterocycles. The third-order valence-electron chi connectivity index (χ3n) is 1.27. The molecule has 1 unspecified atom stereocenters. The maximum atomic E-state index is 10.8. The minimum atomic E-state index is -0.306. The van der Waals surface area contributed by atoms with Crippen LogP contribution >= 0.6 is 11.8 Å². The van der Waals surface area contributed by atoms with E-state index in [1.165, 1.54) is 6.08 Å². The van der Waals surface area contributed by atoms with E-state index in [0.29, 0.717) is 6.61 Å². The molecule has 0 aromatic carbocycles. The lowest BCUT2D eigenvalue weighted by atomic mass is 10.5. The van der Waals surface area contributed by atoms with E-state index in [4.69, 9.17) is 9.84 Å². The Labute approximate surface area is 83.2 Å². The summed E-state index contributed by atoms with van der Waals surface area (Å²) in [7, 11) is 0. The number of hydrogen-bond acceptors (Lipinski definition) is 4. The summed E-state index contributed by atoms with van der Waals surface area (Å²) in [6.07, 6.45) is 3.16. The van der Waals surface area contributed by atoms with Crippen LogP contribution in [0.1, 0.15) is 13.8 Å². The number of hydrogen-bond donors (Lipinski definition) is 1. The van der Waals surface area contributed by atoms with E-state index in [2.05, 4.69) is 0 Å². The highest BCUT2D eigenvalue weighted by atomic mass is 32.2. The zero-order chi connectivity index (χ0) is 10.1. The molecule has 1 N–H and O–H groups in total. The monoisotopic (exact) mass is 204 g/mol. The van der Waals surface area contributed by atoms with Gasteiger partial charge >= 0.3 is 5.97 Å². The van der Waals surface area contributed by atoms with Crippen LogP contribution in [0.3, 0.4) is 0 Å². The lowest BCUT2D eigenvalue weighted by molar-refractivity contribution is -0.137. The second-order valence-electron chi connectivity index (χ2n) is 2.48. The van der Waals surface area contributed by atoms with Gasteiger partial charge in [-0.25, -0.2) is 4.79 Å². The molecule has 0 amide bonds. The third kappa shape index (κ3) is 7.87. The van der Waals surface area contributed by atoms with Gasteiger partial charge in [-0.1, -0.05) is 13.0 Å². The van der Waals surface area contributed by atoms with E-state index < -0.39 is 0 Å². The number of ether oxygens (including phenoxy) is 1. The van der Waals surface area contributed by atoms with Crippen molar-refractivity contribution in [3.8, 4) is 0 Å². The Balaban J connectivity index is 3.46. The number of aliphatic hydroxyl groups is 1. The Morgan fingerprint density at radius 2 is 2.38 bits per heavy atom. The van der Waals surface area contributed by atoms with Gasteiger partial charge < -0.3 is 9.84 Å². The quantitative estimate of drug-likeness (QED) is 0.522. The van der Waals surface area contributed by atoms with E-state index in [0.717, 1.165) is 5.75 Å². The van der Waals surface area contributed by atoms with Crippen molar-refractivity contribution < 1.29 is 14.6 Å². The van der Waals surface area contributed by atoms with Crippen LogP contribution in [-0.2, 0) is 9.53 Å². The first-order valence-electron chi connectivity index (χ1n) is 4.26. The van der Waals surface area contributed by atoms with E-state index >= 15 is 0 Å². The molecule has 13 heavy (non-hydrogen) atoms. The topological polar surface area (TPSA) is 46.5 Å². The van der Waals surface area contributed by atoms with Crippen molar-refractivity contribution in [2.45, 2.75) is 19.1 Å². The summed E-state index contributed by atoms with van der Waals surface area (Å²) < 4.78 is 4.69. The first-order valence-corrected chi connectivity index (χ1v) is 5.31. The van der Waals surface area contributed by atoms with Gasteiger partial charge in [-0.3, -0.25) is 0 Å². The Hall–Kier alpha value is -0.480. The summed E-state index contributed by atoms with van der Waals surface area (Å²) in [5, 5.41) is 8.91. The highest BCUT2D eigenvalue weighted by Gasteiger charge is 1.97. The van der Waals surface area contributed by atoms with E-state index in [9.17, 15) is 4.79 Å². The summed E-state index contributed by atoms with van der Waals surface area (Å²) in [4.78, 5) is 10.8. The first-order chi connectivity index (χ1) is 6.20. The second-order valence-corrected chi connectivity index (χ2v) is 3.95. The average molecular weight is 204 g/mol. The van der Waals surface area contributed by atoms with E-state index in [-0.39, 0.29) is 17.8 Å². The van der Waals surface area contributed by atoms with Gasteiger partial charge in [0.05, 0.1) is 13.2 Å². The molecule has 0 aromatic rings. The SMILES string of the molecule is CCOC(=O)/C=C/CSC(C)CO. The second kappa shape index (κ2) is 8.13. The molecule has 0 aliphatic carbocycles. The molecule has 0 saturated heterocycles. The van der Waals surface area contributed by atoms with Gasteiger partial charge in [-0.05, 0) is 6.92 Å². The Morgan fingerprint density at radius 1 is 1.69 bits per heavy atom. The molecule has 3 nitrogen and oxygen atoms in total. The summed E-state index contributed by atoms with van der Waals surface area (Å²) in [5.74, 6) is 0.417. The Kier molecular flexibility index (Phi) is 7.83. The fourth-order valence-electron chi connectivity index (χ4n) is 0.607. The molecule has 76 valence electrons. The summed E-state index contributed by atoms with van der Waals surface area (Å²) in [6.45, 7) is 4.28. The maximum absolute atomic E-state index is 10.8. The number of carbonyl (C=O) groups excluding carboxylic acids is 1. The van der Waals surface area contributed by atoms with Crippen LogP contribution in [0.4, 0.5) is 0 Å². The molecule has 0 spiro atoms. The molecule has 0 aliphatic rings. The average Bonchev–Trinajstić information content (AvgIpc) is 2.12. The van der Waals surface area contributed by atoms with Gasteiger partial charge in [0, 0.05) is 17.1 Å². The predicted molar refractivity (Wildman–Crippen MR) is 54.8 cm³/mol. The Bertz CT molecular complexity index is 168. The van der Waals surface area contributed by atoms with Crippen molar-refractivity contribution in [1.29, 1.82) is 0 Å². The number of aliphatic hydroxyl groups excluding tert-OH is 1. The largest absolute Gasteiger partial charge is 0.463 e.